The fourth-order valence-electron chi connectivity index (χ4n) is 4.05. The van der Waals surface area contributed by atoms with Crippen molar-refractivity contribution in [1.29, 1.82) is 0 Å². The fourth-order valence-corrected chi connectivity index (χ4v) is 4.05. The lowest BCUT2D eigenvalue weighted by Gasteiger charge is -2.37. The maximum atomic E-state index is 13.3. The number of hydrogen-bond donors (Lipinski definition) is 1. The largest absolute Gasteiger partial charge is 0.481 e. The Morgan fingerprint density at radius 1 is 0.903 bits per heavy atom. The molecule has 2 fully saturated rings. The number of benzene rings is 1. The SMILES string of the molecule is O=C(O)C1CCN(c2ncnc(N3CCN(c4ccccc4C(F)(F)F)CC3)n2)CC1. The molecule has 0 aliphatic carbocycles. The molecule has 2 aromatic rings. The number of para-hydroxylation sites is 1. The summed E-state index contributed by atoms with van der Waals surface area (Å²) in [6, 6.07) is 5.62. The van der Waals surface area contributed by atoms with Gasteiger partial charge < -0.3 is 19.8 Å². The molecule has 2 aliphatic rings. The zero-order valence-electron chi connectivity index (χ0n) is 16.8. The monoisotopic (exact) mass is 436 g/mol. The smallest absolute Gasteiger partial charge is 0.418 e. The Bertz CT molecular complexity index is 925. The minimum Gasteiger partial charge on any atom is -0.481 e. The number of piperidine rings is 1. The number of aliphatic carboxylic acids is 1. The molecule has 2 aliphatic heterocycles. The summed E-state index contributed by atoms with van der Waals surface area (Å²) in [5.41, 5.74) is -0.442. The van der Waals surface area contributed by atoms with Crippen LogP contribution >= 0.6 is 0 Å². The van der Waals surface area contributed by atoms with E-state index < -0.39 is 17.7 Å². The second-order valence-electron chi connectivity index (χ2n) is 7.67. The molecule has 0 unspecified atom stereocenters. The first-order valence-electron chi connectivity index (χ1n) is 10.2. The number of carbonyl (C=O) groups is 1. The molecule has 166 valence electrons. The zero-order chi connectivity index (χ0) is 22.0. The van der Waals surface area contributed by atoms with Gasteiger partial charge in [-0.2, -0.15) is 18.2 Å². The fraction of sp³-hybridized carbons (Fsp3) is 0.500. The van der Waals surface area contributed by atoms with Crippen LogP contribution in [0.1, 0.15) is 18.4 Å². The van der Waals surface area contributed by atoms with Crippen LogP contribution in [0.2, 0.25) is 0 Å². The molecule has 0 atom stereocenters. The van der Waals surface area contributed by atoms with Crippen molar-refractivity contribution < 1.29 is 23.1 Å². The third kappa shape index (κ3) is 4.64. The minimum atomic E-state index is -4.40. The lowest BCUT2D eigenvalue weighted by atomic mass is 9.97. The zero-order valence-corrected chi connectivity index (χ0v) is 16.8. The van der Waals surface area contributed by atoms with Gasteiger partial charge in [-0.15, -0.1) is 0 Å². The predicted octanol–water partition coefficient (Wildman–Crippen LogP) is 2.52. The summed E-state index contributed by atoms with van der Waals surface area (Å²) in [6.07, 6.45) is -1.90. The van der Waals surface area contributed by atoms with Crippen LogP contribution in [0.4, 0.5) is 30.8 Å². The van der Waals surface area contributed by atoms with E-state index in [2.05, 4.69) is 15.0 Å². The third-order valence-corrected chi connectivity index (χ3v) is 5.79. The second-order valence-corrected chi connectivity index (χ2v) is 7.67. The molecule has 0 bridgehead atoms. The van der Waals surface area contributed by atoms with E-state index >= 15 is 0 Å². The Kier molecular flexibility index (Phi) is 5.84. The van der Waals surface area contributed by atoms with E-state index in [1.54, 1.807) is 11.0 Å². The van der Waals surface area contributed by atoms with Crippen LogP contribution in [0.15, 0.2) is 30.6 Å². The van der Waals surface area contributed by atoms with Crippen molar-refractivity contribution in [2.24, 2.45) is 5.92 Å². The summed E-state index contributed by atoms with van der Waals surface area (Å²) in [7, 11) is 0. The van der Waals surface area contributed by atoms with Crippen LogP contribution in [0, 0.1) is 5.92 Å². The Balaban J connectivity index is 1.41. The number of halogens is 3. The molecule has 0 spiro atoms. The van der Waals surface area contributed by atoms with Gasteiger partial charge in [0.05, 0.1) is 11.5 Å². The highest BCUT2D eigenvalue weighted by molar-refractivity contribution is 5.70. The summed E-state index contributed by atoms with van der Waals surface area (Å²) >= 11 is 0. The molecule has 2 saturated heterocycles. The minimum absolute atomic E-state index is 0.187. The number of alkyl halides is 3. The predicted molar refractivity (Wildman–Crippen MR) is 108 cm³/mol. The summed E-state index contributed by atoms with van der Waals surface area (Å²) in [4.78, 5) is 29.7. The first-order valence-corrected chi connectivity index (χ1v) is 10.2. The van der Waals surface area contributed by atoms with Gasteiger partial charge in [-0.1, -0.05) is 12.1 Å². The van der Waals surface area contributed by atoms with Gasteiger partial charge in [0.15, 0.2) is 0 Å². The highest BCUT2D eigenvalue weighted by atomic mass is 19.4. The number of aromatic nitrogens is 3. The summed E-state index contributed by atoms with van der Waals surface area (Å²) in [6.45, 7) is 2.91. The maximum Gasteiger partial charge on any atom is 0.418 e. The first kappa shape index (κ1) is 21.1. The number of anilines is 3. The van der Waals surface area contributed by atoms with Gasteiger partial charge in [-0.05, 0) is 25.0 Å². The number of rotatable bonds is 4. The molecule has 8 nitrogen and oxygen atoms in total. The van der Waals surface area contributed by atoms with Crippen LogP contribution < -0.4 is 14.7 Å². The van der Waals surface area contributed by atoms with Crippen LogP contribution in [0.3, 0.4) is 0 Å². The van der Waals surface area contributed by atoms with E-state index in [4.69, 9.17) is 5.11 Å². The lowest BCUT2D eigenvalue weighted by Crippen LogP contribution is -2.47. The molecule has 1 aromatic heterocycles. The molecular formula is C20H23F3N6O2. The van der Waals surface area contributed by atoms with Crippen LogP contribution in [0.25, 0.3) is 0 Å². The molecule has 0 saturated carbocycles. The number of carboxylic acids is 1. The van der Waals surface area contributed by atoms with Gasteiger partial charge in [0.1, 0.15) is 6.33 Å². The van der Waals surface area contributed by atoms with Gasteiger partial charge >= 0.3 is 12.1 Å². The van der Waals surface area contributed by atoms with E-state index in [-0.39, 0.29) is 11.6 Å². The molecule has 0 amide bonds. The topological polar surface area (TPSA) is 85.7 Å². The number of hydrogen-bond acceptors (Lipinski definition) is 7. The second kappa shape index (κ2) is 8.56. The number of piperazine rings is 1. The van der Waals surface area contributed by atoms with Crippen molar-refractivity contribution in [3.63, 3.8) is 0 Å². The average molecular weight is 436 g/mol. The van der Waals surface area contributed by atoms with E-state index in [1.807, 2.05) is 9.80 Å². The van der Waals surface area contributed by atoms with Crippen molar-refractivity contribution in [3.05, 3.63) is 36.2 Å². The van der Waals surface area contributed by atoms with Crippen molar-refractivity contribution in [2.45, 2.75) is 19.0 Å². The van der Waals surface area contributed by atoms with E-state index in [1.165, 1.54) is 18.5 Å². The number of nitrogens with zero attached hydrogens (tertiary/aromatic N) is 6. The van der Waals surface area contributed by atoms with Gasteiger partial charge in [0.25, 0.3) is 0 Å². The maximum absolute atomic E-state index is 13.3. The van der Waals surface area contributed by atoms with Gasteiger partial charge in [-0.3, -0.25) is 4.79 Å². The van der Waals surface area contributed by atoms with Gasteiger partial charge in [-0.25, -0.2) is 9.97 Å². The first-order chi connectivity index (χ1) is 14.8. The van der Waals surface area contributed by atoms with Gasteiger partial charge in [0.2, 0.25) is 11.9 Å². The Morgan fingerprint density at radius 2 is 1.45 bits per heavy atom. The van der Waals surface area contributed by atoms with Crippen molar-refractivity contribution in [1.82, 2.24) is 15.0 Å². The summed E-state index contributed by atoms with van der Waals surface area (Å²) < 4.78 is 40.0. The molecule has 11 heteroatoms. The molecular weight excluding hydrogens is 413 g/mol. The molecule has 0 radical (unpaired) electrons. The number of carboxylic acid groups (broad SMARTS) is 1. The quantitative estimate of drug-likeness (QED) is 0.783. The Morgan fingerprint density at radius 3 is 2.03 bits per heavy atom. The molecule has 4 rings (SSSR count). The Labute approximate surface area is 177 Å². The molecule has 1 aromatic carbocycles. The standard InChI is InChI=1S/C20H23F3N6O2/c21-20(22,23)15-3-1-2-4-16(15)27-9-11-29(12-10-27)19-25-13-24-18(26-19)28-7-5-14(6-8-28)17(30)31/h1-4,13-14H,5-12H2,(H,30,31). The highest BCUT2D eigenvalue weighted by Crippen LogP contribution is 2.36. The van der Waals surface area contributed by atoms with Crippen molar-refractivity contribution >= 4 is 23.6 Å². The summed E-state index contributed by atoms with van der Waals surface area (Å²) in [5.74, 6) is -0.140. The molecule has 1 N–H and O–H groups in total. The molecule has 31 heavy (non-hydrogen) atoms. The summed E-state index contributed by atoms with van der Waals surface area (Å²) in [5, 5.41) is 9.14. The highest BCUT2D eigenvalue weighted by Gasteiger charge is 2.35. The average Bonchev–Trinajstić information content (AvgIpc) is 2.79. The van der Waals surface area contributed by atoms with E-state index in [9.17, 15) is 18.0 Å². The van der Waals surface area contributed by atoms with Crippen molar-refractivity contribution in [3.8, 4) is 0 Å². The van der Waals surface area contributed by atoms with Crippen LogP contribution in [-0.2, 0) is 11.0 Å². The lowest BCUT2D eigenvalue weighted by molar-refractivity contribution is -0.142. The van der Waals surface area contributed by atoms with Crippen molar-refractivity contribution in [2.75, 3.05) is 54.0 Å². The van der Waals surface area contributed by atoms with Crippen LogP contribution in [-0.4, -0.2) is 65.3 Å². The third-order valence-electron chi connectivity index (χ3n) is 5.79. The van der Waals surface area contributed by atoms with E-state index in [0.717, 1.165) is 6.07 Å². The van der Waals surface area contributed by atoms with Gasteiger partial charge in [0, 0.05) is 45.0 Å². The molecule has 3 heterocycles. The van der Waals surface area contributed by atoms with E-state index in [0.29, 0.717) is 64.0 Å². The van der Waals surface area contributed by atoms with Crippen LogP contribution in [0.5, 0.6) is 0 Å². The normalized spacial score (nSPS) is 18.4. The Hall–Kier alpha value is -3.11.